The highest BCUT2D eigenvalue weighted by atomic mass is 32.2. The summed E-state index contributed by atoms with van der Waals surface area (Å²) in [4.78, 5) is 24.0. The summed E-state index contributed by atoms with van der Waals surface area (Å²) in [5.41, 5.74) is -0.185. The minimum absolute atomic E-state index is 0.000945. The Kier molecular flexibility index (Phi) is 3.77. The molecule has 22 heavy (non-hydrogen) atoms. The third kappa shape index (κ3) is 2.58. The Balaban J connectivity index is 2.71. The second-order valence-corrected chi connectivity index (χ2v) is 6.91. The van der Waals surface area contributed by atoms with Crippen molar-refractivity contribution in [3.63, 3.8) is 0 Å². The second kappa shape index (κ2) is 5.27. The van der Waals surface area contributed by atoms with Crippen LogP contribution in [0, 0.1) is 18.3 Å². The largest absolute Gasteiger partial charge is 0.302 e. The van der Waals surface area contributed by atoms with Gasteiger partial charge in [-0.05, 0) is 24.6 Å². The number of benzene rings is 1. The van der Waals surface area contributed by atoms with Crippen LogP contribution in [0.25, 0.3) is 0 Å². The van der Waals surface area contributed by atoms with Gasteiger partial charge in [0, 0.05) is 25.1 Å². The Morgan fingerprint density at radius 1 is 1.36 bits per heavy atom. The highest BCUT2D eigenvalue weighted by Gasteiger charge is 2.22. The van der Waals surface area contributed by atoms with Crippen molar-refractivity contribution in [2.75, 3.05) is 6.26 Å². The molecule has 114 valence electrons. The number of aromatic amines is 1. The van der Waals surface area contributed by atoms with Gasteiger partial charge in [0.25, 0.3) is 5.56 Å². The van der Waals surface area contributed by atoms with E-state index in [-0.39, 0.29) is 21.6 Å². The van der Waals surface area contributed by atoms with Crippen LogP contribution in [0.1, 0.15) is 27.0 Å². The molecule has 0 bridgehead atoms. The predicted molar refractivity (Wildman–Crippen MR) is 78.5 cm³/mol. The van der Waals surface area contributed by atoms with E-state index in [0.717, 1.165) is 17.0 Å². The van der Waals surface area contributed by atoms with E-state index < -0.39 is 21.2 Å². The Morgan fingerprint density at radius 3 is 2.45 bits per heavy atom. The monoisotopic (exact) mass is 319 g/mol. The highest BCUT2D eigenvalue weighted by molar-refractivity contribution is 7.90. The molecule has 0 radical (unpaired) electrons. The van der Waals surface area contributed by atoms with Crippen molar-refractivity contribution in [3.8, 4) is 6.07 Å². The van der Waals surface area contributed by atoms with Crippen molar-refractivity contribution in [2.45, 2.75) is 11.8 Å². The lowest BCUT2D eigenvalue weighted by Crippen LogP contribution is -2.19. The minimum Gasteiger partial charge on any atom is -0.302 e. The van der Waals surface area contributed by atoms with E-state index in [2.05, 4.69) is 5.10 Å². The molecule has 2 aromatic rings. The molecular formula is C14H13N3O4S. The van der Waals surface area contributed by atoms with Gasteiger partial charge < -0.3 is 5.10 Å². The zero-order valence-corrected chi connectivity index (χ0v) is 13.0. The number of nitrogens with one attached hydrogen (secondary N) is 1. The van der Waals surface area contributed by atoms with E-state index in [1.165, 1.54) is 19.3 Å². The second-order valence-electron chi connectivity index (χ2n) is 4.93. The number of aromatic nitrogens is 2. The molecular weight excluding hydrogens is 306 g/mol. The van der Waals surface area contributed by atoms with Crippen LogP contribution in [0.3, 0.4) is 0 Å². The minimum atomic E-state index is -3.68. The highest BCUT2D eigenvalue weighted by Crippen LogP contribution is 2.22. The average molecular weight is 319 g/mol. The van der Waals surface area contributed by atoms with Gasteiger partial charge in [0.05, 0.1) is 10.5 Å². The first-order valence-electron chi connectivity index (χ1n) is 6.20. The number of sulfone groups is 1. The summed E-state index contributed by atoms with van der Waals surface area (Å²) in [6.07, 6.45) is 2.23. The predicted octanol–water partition coefficient (Wildman–Crippen LogP) is 0.528. The van der Waals surface area contributed by atoms with Gasteiger partial charge in [-0.25, -0.2) is 8.42 Å². The zero-order valence-electron chi connectivity index (χ0n) is 12.2. The quantitative estimate of drug-likeness (QED) is 0.829. The third-order valence-electron chi connectivity index (χ3n) is 3.26. The maximum atomic E-state index is 12.4. The first-order valence-corrected chi connectivity index (χ1v) is 8.10. The maximum absolute atomic E-state index is 12.4. The number of rotatable bonds is 3. The molecule has 0 aliphatic heterocycles. The molecule has 1 aromatic carbocycles. The van der Waals surface area contributed by atoms with Crippen LogP contribution in [0.2, 0.25) is 0 Å². The number of nitriles is 1. The van der Waals surface area contributed by atoms with Gasteiger partial charge in [-0.1, -0.05) is 0 Å². The van der Waals surface area contributed by atoms with Crippen molar-refractivity contribution < 1.29 is 13.2 Å². The van der Waals surface area contributed by atoms with E-state index >= 15 is 0 Å². The molecule has 0 saturated heterocycles. The molecule has 0 unspecified atom stereocenters. The Hall–Kier alpha value is -2.66. The van der Waals surface area contributed by atoms with Crippen LogP contribution in [-0.4, -0.2) is 30.2 Å². The summed E-state index contributed by atoms with van der Waals surface area (Å²) in [7, 11) is -2.21. The average Bonchev–Trinajstić information content (AvgIpc) is 2.76. The molecule has 0 amide bonds. The van der Waals surface area contributed by atoms with Crippen molar-refractivity contribution in [1.29, 1.82) is 5.26 Å². The number of carbonyl (C=O) groups excluding carboxylic acids is 1. The maximum Gasteiger partial charge on any atom is 0.277 e. The fourth-order valence-corrected chi connectivity index (χ4v) is 3.02. The van der Waals surface area contributed by atoms with Crippen LogP contribution in [-0.2, 0) is 16.9 Å². The smallest absolute Gasteiger partial charge is 0.277 e. The van der Waals surface area contributed by atoms with E-state index in [4.69, 9.17) is 5.26 Å². The van der Waals surface area contributed by atoms with Crippen molar-refractivity contribution in [3.05, 3.63) is 50.9 Å². The zero-order chi connectivity index (χ0) is 16.7. The van der Waals surface area contributed by atoms with Gasteiger partial charge in [0.1, 0.15) is 11.6 Å². The molecule has 1 heterocycles. The van der Waals surface area contributed by atoms with Gasteiger partial charge >= 0.3 is 0 Å². The molecule has 0 aliphatic rings. The Labute approximate surface area is 126 Å². The lowest BCUT2D eigenvalue weighted by Gasteiger charge is -2.08. The van der Waals surface area contributed by atoms with Crippen LogP contribution in [0.5, 0.6) is 0 Å². The van der Waals surface area contributed by atoms with Crippen LogP contribution in [0.15, 0.2) is 28.0 Å². The standard InChI is InChI=1S/C14H13N3O4S/c1-8-4-9(5-12(10(8)6-15)22(3,20)21)13(18)11-7-16-17(2)14(11)19/h4-5,7,16H,1-3H3. The Morgan fingerprint density at radius 2 is 2.00 bits per heavy atom. The molecule has 0 atom stereocenters. The fourth-order valence-electron chi connectivity index (χ4n) is 2.10. The van der Waals surface area contributed by atoms with Crippen molar-refractivity contribution in [1.82, 2.24) is 9.78 Å². The van der Waals surface area contributed by atoms with Crippen LogP contribution < -0.4 is 5.56 Å². The number of hydrogen-bond acceptors (Lipinski definition) is 5. The van der Waals surface area contributed by atoms with Crippen LogP contribution in [0.4, 0.5) is 0 Å². The number of carbonyl (C=O) groups is 1. The molecule has 0 fully saturated rings. The molecule has 2 rings (SSSR count). The summed E-state index contributed by atoms with van der Waals surface area (Å²) in [5, 5.41) is 11.7. The summed E-state index contributed by atoms with van der Waals surface area (Å²) >= 11 is 0. The topological polar surface area (TPSA) is 113 Å². The summed E-state index contributed by atoms with van der Waals surface area (Å²) in [5.74, 6) is -0.598. The van der Waals surface area contributed by atoms with Gasteiger partial charge in [-0.2, -0.15) is 5.26 Å². The molecule has 1 aromatic heterocycles. The molecule has 0 saturated carbocycles. The lowest BCUT2D eigenvalue weighted by atomic mass is 10.0. The number of H-pyrrole nitrogens is 1. The molecule has 1 N–H and O–H groups in total. The van der Waals surface area contributed by atoms with E-state index in [1.54, 1.807) is 6.92 Å². The van der Waals surface area contributed by atoms with Crippen LogP contribution >= 0.6 is 0 Å². The van der Waals surface area contributed by atoms with Crippen molar-refractivity contribution in [2.24, 2.45) is 7.05 Å². The Bertz CT molecular complexity index is 974. The molecule has 8 heteroatoms. The SMILES string of the molecule is Cc1cc(C(=O)c2c[nH]n(C)c2=O)cc(S(C)(=O)=O)c1C#N. The molecule has 0 aliphatic carbocycles. The lowest BCUT2D eigenvalue weighted by molar-refractivity contribution is 0.103. The van der Waals surface area contributed by atoms with Gasteiger partial charge in [0.15, 0.2) is 15.6 Å². The summed E-state index contributed by atoms with van der Waals surface area (Å²) in [6, 6.07) is 4.37. The van der Waals surface area contributed by atoms with E-state index in [0.29, 0.717) is 5.56 Å². The van der Waals surface area contributed by atoms with Crippen molar-refractivity contribution >= 4 is 15.6 Å². The van der Waals surface area contributed by atoms with Gasteiger partial charge in [-0.15, -0.1) is 0 Å². The number of ketones is 1. The number of nitrogens with zero attached hydrogens (tertiary/aromatic N) is 2. The van der Waals surface area contributed by atoms with E-state index in [1.807, 2.05) is 6.07 Å². The third-order valence-corrected chi connectivity index (χ3v) is 4.38. The number of hydrogen-bond donors (Lipinski definition) is 1. The fraction of sp³-hybridized carbons (Fsp3) is 0.214. The molecule has 0 spiro atoms. The number of aryl methyl sites for hydroxylation is 2. The van der Waals surface area contributed by atoms with Gasteiger partial charge in [-0.3, -0.25) is 14.3 Å². The summed E-state index contributed by atoms with van der Waals surface area (Å²) < 4.78 is 24.8. The van der Waals surface area contributed by atoms with Gasteiger partial charge in [0.2, 0.25) is 0 Å². The normalized spacial score (nSPS) is 11.2. The summed E-state index contributed by atoms with van der Waals surface area (Å²) in [6.45, 7) is 1.54. The molecule has 7 nitrogen and oxygen atoms in total. The van der Waals surface area contributed by atoms with E-state index in [9.17, 15) is 18.0 Å². The first kappa shape index (κ1) is 15.7. The first-order chi connectivity index (χ1) is 10.2.